The van der Waals surface area contributed by atoms with Gasteiger partial charge in [-0.25, -0.2) is 0 Å². The summed E-state index contributed by atoms with van der Waals surface area (Å²) in [5.41, 5.74) is 2.90. The Kier molecular flexibility index (Phi) is 4.07. The molecule has 0 spiro atoms. The molecule has 92 valence electrons. The molecule has 18 heavy (non-hydrogen) atoms. The summed E-state index contributed by atoms with van der Waals surface area (Å²) in [4.78, 5) is 17.3. The number of aldehydes is 1. The molecule has 0 aliphatic carbocycles. The molecule has 0 amide bonds. The monoisotopic (exact) mass is 240 g/mol. The van der Waals surface area contributed by atoms with E-state index in [1.54, 1.807) is 12.4 Å². The number of hydrogen-bond acceptors (Lipinski definition) is 3. The zero-order chi connectivity index (χ0) is 12.8. The molecule has 1 aromatic carbocycles. The first-order valence-electron chi connectivity index (χ1n) is 6.03. The largest absolute Gasteiger partial charge is 0.367 e. The molecule has 2 rings (SSSR count). The van der Waals surface area contributed by atoms with Crippen molar-refractivity contribution in [2.24, 2.45) is 0 Å². The minimum absolute atomic E-state index is 0.730. The van der Waals surface area contributed by atoms with Crippen molar-refractivity contribution in [2.75, 3.05) is 11.4 Å². The molecule has 0 aliphatic heterocycles. The number of anilines is 1. The first-order chi connectivity index (χ1) is 8.85. The van der Waals surface area contributed by atoms with Crippen LogP contribution in [0, 0.1) is 0 Å². The number of rotatable bonds is 5. The first-order valence-corrected chi connectivity index (χ1v) is 6.03. The standard InChI is InChI=1S/C15H16N2O/c1-2-17(11-13-7-9-16-10-8-13)15-6-4-3-5-14(15)12-18/h3-10,12H,2,11H2,1H3. The lowest BCUT2D eigenvalue weighted by Gasteiger charge is -2.24. The lowest BCUT2D eigenvalue weighted by atomic mass is 10.1. The molecular formula is C15H16N2O. The fourth-order valence-electron chi connectivity index (χ4n) is 1.95. The Bertz CT molecular complexity index is 511. The Morgan fingerprint density at radius 3 is 2.56 bits per heavy atom. The zero-order valence-electron chi connectivity index (χ0n) is 10.4. The molecule has 0 fully saturated rings. The van der Waals surface area contributed by atoms with Gasteiger partial charge in [0, 0.05) is 36.7 Å². The summed E-state index contributed by atoms with van der Waals surface area (Å²) in [5.74, 6) is 0. The predicted octanol–water partition coefficient (Wildman–Crippen LogP) is 2.92. The number of nitrogens with zero attached hydrogens (tertiary/aromatic N) is 2. The third-order valence-corrected chi connectivity index (χ3v) is 2.91. The van der Waals surface area contributed by atoms with Crippen LogP contribution in [0.15, 0.2) is 48.8 Å². The molecule has 3 heteroatoms. The average Bonchev–Trinajstić information content (AvgIpc) is 2.46. The van der Waals surface area contributed by atoms with Gasteiger partial charge in [-0.2, -0.15) is 0 Å². The number of hydrogen-bond donors (Lipinski definition) is 0. The Morgan fingerprint density at radius 2 is 1.89 bits per heavy atom. The minimum Gasteiger partial charge on any atom is -0.367 e. The summed E-state index contributed by atoms with van der Waals surface area (Å²) in [6, 6.07) is 11.6. The Balaban J connectivity index is 2.26. The second-order valence-corrected chi connectivity index (χ2v) is 4.05. The van der Waals surface area contributed by atoms with Gasteiger partial charge in [0.05, 0.1) is 0 Å². The summed E-state index contributed by atoms with van der Waals surface area (Å²) in [6.07, 6.45) is 4.48. The molecule has 0 N–H and O–H groups in total. The highest BCUT2D eigenvalue weighted by atomic mass is 16.1. The van der Waals surface area contributed by atoms with Gasteiger partial charge in [-0.15, -0.1) is 0 Å². The third-order valence-electron chi connectivity index (χ3n) is 2.91. The van der Waals surface area contributed by atoms with E-state index in [9.17, 15) is 4.79 Å². The molecule has 1 heterocycles. The minimum atomic E-state index is 0.730. The van der Waals surface area contributed by atoms with Gasteiger partial charge in [0.1, 0.15) is 0 Å². The van der Waals surface area contributed by atoms with Crippen molar-refractivity contribution >= 4 is 12.0 Å². The van der Waals surface area contributed by atoms with Crippen LogP contribution >= 0.6 is 0 Å². The van der Waals surface area contributed by atoms with Crippen LogP contribution < -0.4 is 4.90 Å². The van der Waals surface area contributed by atoms with Crippen LogP contribution in [0.3, 0.4) is 0 Å². The Hall–Kier alpha value is -2.16. The molecule has 0 atom stereocenters. The number of aromatic nitrogens is 1. The topological polar surface area (TPSA) is 33.2 Å². The molecule has 0 saturated carbocycles. The van der Waals surface area contributed by atoms with E-state index in [0.717, 1.165) is 30.6 Å². The maximum Gasteiger partial charge on any atom is 0.152 e. The summed E-state index contributed by atoms with van der Waals surface area (Å²) >= 11 is 0. The fraction of sp³-hybridized carbons (Fsp3) is 0.200. The number of carbonyl (C=O) groups excluding carboxylic acids is 1. The van der Waals surface area contributed by atoms with E-state index in [0.29, 0.717) is 0 Å². The van der Waals surface area contributed by atoms with Crippen LogP contribution in [-0.4, -0.2) is 17.8 Å². The van der Waals surface area contributed by atoms with Crippen LogP contribution in [0.2, 0.25) is 0 Å². The molecule has 0 bridgehead atoms. The first kappa shape index (κ1) is 12.3. The van der Waals surface area contributed by atoms with Crippen molar-refractivity contribution in [1.82, 2.24) is 4.98 Å². The van der Waals surface area contributed by atoms with Crippen LogP contribution in [0.1, 0.15) is 22.8 Å². The average molecular weight is 240 g/mol. The van der Waals surface area contributed by atoms with Crippen molar-refractivity contribution in [3.05, 3.63) is 59.9 Å². The molecule has 0 unspecified atom stereocenters. The molecule has 0 radical (unpaired) electrons. The van der Waals surface area contributed by atoms with Crippen molar-refractivity contribution in [3.63, 3.8) is 0 Å². The van der Waals surface area contributed by atoms with Crippen LogP contribution in [0.4, 0.5) is 5.69 Å². The highest BCUT2D eigenvalue weighted by molar-refractivity contribution is 5.84. The zero-order valence-corrected chi connectivity index (χ0v) is 10.4. The Labute approximate surface area is 107 Å². The molecule has 0 aliphatic rings. The third kappa shape index (κ3) is 2.74. The van der Waals surface area contributed by atoms with E-state index >= 15 is 0 Å². The SMILES string of the molecule is CCN(Cc1ccncc1)c1ccccc1C=O. The van der Waals surface area contributed by atoms with E-state index in [1.807, 2.05) is 36.4 Å². The summed E-state index contributed by atoms with van der Waals surface area (Å²) in [6.45, 7) is 3.72. The smallest absolute Gasteiger partial charge is 0.152 e. The molecular weight excluding hydrogens is 224 g/mol. The van der Waals surface area contributed by atoms with E-state index in [1.165, 1.54) is 5.56 Å². The van der Waals surface area contributed by atoms with E-state index in [2.05, 4.69) is 16.8 Å². The quantitative estimate of drug-likeness (QED) is 0.753. The van der Waals surface area contributed by atoms with Crippen LogP contribution in [0.5, 0.6) is 0 Å². The molecule has 2 aromatic rings. The van der Waals surface area contributed by atoms with Crippen LogP contribution in [0.25, 0.3) is 0 Å². The van der Waals surface area contributed by atoms with Gasteiger partial charge in [0.2, 0.25) is 0 Å². The van der Waals surface area contributed by atoms with Crippen molar-refractivity contribution in [1.29, 1.82) is 0 Å². The number of benzene rings is 1. The normalized spacial score (nSPS) is 10.1. The highest BCUT2D eigenvalue weighted by Crippen LogP contribution is 2.20. The lowest BCUT2D eigenvalue weighted by Crippen LogP contribution is -2.23. The highest BCUT2D eigenvalue weighted by Gasteiger charge is 2.09. The summed E-state index contributed by atoms with van der Waals surface area (Å²) in [7, 11) is 0. The van der Waals surface area contributed by atoms with Gasteiger partial charge in [-0.1, -0.05) is 12.1 Å². The molecule has 0 saturated heterocycles. The van der Waals surface area contributed by atoms with Gasteiger partial charge in [-0.05, 0) is 36.8 Å². The number of carbonyl (C=O) groups is 1. The second-order valence-electron chi connectivity index (χ2n) is 4.05. The van der Waals surface area contributed by atoms with Crippen molar-refractivity contribution in [3.8, 4) is 0 Å². The van der Waals surface area contributed by atoms with Crippen LogP contribution in [-0.2, 0) is 6.54 Å². The maximum absolute atomic E-state index is 11.1. The van der Waals surface area contributed by atoms with Gasteiger partial charge in [0.15, 0.2) is 6.29 Å². The van der Waals surface area contributed by atoms with Crippen molar-refractivity contribution in [2.45, 2.75) is 13.5 Å². The number of para-hydroxylation sites is 1. The maximum atomic E-state index is 11.1. The van der Waals surface area contributed by atoms with E-state index in [-0.39, 0.29) is 0 Å². The van der Waals surface area contributed by atoms with Gasteiger partial charge in [0.25, 0.3) is 0 Å². The summed E-state index contributed by atoms with van der Waals surface area (Å²) < 4.78 is 0. The van der Waals surface area contributed by atoms with E-state index < -0.39 is 0 Å². The predicted molar refractivity (Wildman–Crippen MR) is 72.8 cm³/mol. The van der Waals surface area contributed by atoms with E-state index in [4.69, 9.17) is 0 Å². The molecule has 3 nitrogen and oxygen atoms in total. The lowest BCUT2D eigenvalue weighted by molar-refractivity contribution is 0.112. The van der Waals surface area contributed by atoms with Gasteiger partial charge >= 0.3 is 0 Å². The second kappa shape index (κ2) is 5.96. The van der Waals surface area contributed by atoms with Gasteiger partial charge in [-0.3, -0.25) is 9.78 Å². The fourth-order valence-corrected chi connectivity index (χ4v) is 1.95. The summed E-state index contributed by atoms with van der Waals surface area (Å²) in [5, 5.41) is 0. The number of pyridine rings is 1. The molecule has 1 aromatic heterocycles. The van der Waals surface area contributed by atoms with Gasteiger partial charge < -0.3 is 4.90 Å². The Morgan fingerprint density at radius 1 is 1.17 bits per heavy atom. The van der Waals surface area contributed by atoms with Crippen molar-refractivity contribution < 1.29 is 4.79 Å².